The van der Waals surface area contributed by atoms with E-state index in [1.807, 2.05) is 52.4 Å². The topological polar surface area (TPSA) is 74.9 Å². The van der Waals surface area contributed by atoms with Gasteiger partial charge in [-0.25, -0.2) is 0 Å². The molecule has 0 unspecified atom stereocenters. The fourth-order valence-corrected chi connectivity index (χ4v) is 4.39. The molecule has 4 rings (SSSR count). The smallest absolute Gasteiger partial charge is 0.223 e. The SMILES string of the molecule is COc1ccc(CCC(=O)N2CCN(C(=O)CCc3c[nH]c4ccccc34)CC2)cc1OC. The van der Waals surface area contributed by atoms with Crippen LogP contribution in [-0.2, 0) is 22.4 Å². The summed E-state index contributed by atoms with van der Waals surface area (Å²) in [4.78, 5) is 32.4. The van der Waals surface area contributed by atoms with Gasteiger partial charge in [0.15, 0.2) is 11.5 Å². The molecule has 0 saturated carbocycles. The summed E-state index contributed by atoms with van der Waals surface area (Å²) in [5.74, 6) is 1.62. The van der Waals surface area contributed by atoms with E-state index in [-0.39, 0.29) is 11.8 Å². The minimum absolute atomic E-state index is 0.121. The van der Waals surface area contributed by atoms with Gasteiger partial charge in [0.05, 0.1) is 14.2 Å². The van der Waals surface area contributed by atoms with Crippen LogP contribution in [0.15, 0.2) is 48.7 Å². The summed E-state index contributed by atoms with van der Waals surface area (Å²) in [6, 6.07) is 13.9. The zero-order chi connectivity index (χ0) is 23.2. The molecule has 3 aromatic rings. The summed E-state index contributed by atoms with van der Waals surface area (Å²) in [5, 5.41) is 1.18. The van der Waals surface area contributed by atoms with E-state index < -0.39 is 0 Å². The lowest BCUT2D eigenvalue weighted by atomic mass is 10.1. The first-order valence-corrected chi connectivity index (χ1v) is 11.4. The lowest BCUT2D eigenvalue weighted by Gasteiger charge is -2.35. The van der Waals surface area contributed by atoms with Crippen molar-refractivity contribution in [2.75, 3.05) is 40.4 Å². The average Bonchev–Trinajstić information content (AvgIpc) is 3.28. The number of aromatic nitrogens is 1. The number of carbonyl (C=O) groups excluding carboxylic acids is 2. The predicted molar refractivity (Wildman–Crippen MR) is 128 cm³/mol. The number of para-hydroxylation sites is 1. The van der Waals surface area contributed by atoms with Crippen molar-refractivity contribution in [1.29, 1.82) is 0 Å². The lowest BCUT2D eigenvalue weighted by Crippen LogP contribution is -2.50. The van der Waals surface area contributed by atoms with Gasteiger partial charge in [-0.05, 0) is 42.2 Å². The highest BCUT2D eigenvalue weighted by atomic mass is 16.5. The molecule has 2 heterocycles. The second-order valence-electron chi connectivity index (χ2n) is 8.31. The highest BCUT2D eigenvalue weighted by Gasteiger charge is 2.24. The normalized spacial score (nSPS) is 13.9. The van der Waals surface area contributed by atoms with E-state index in [0.29, 0.717) is 63.4 Å². The Morgan fingerprint density at radius 2 is 1.48 bits per heavy atom. The van der Waals surface area contributed by atoms with Crippen molar-refractivity contribution in [2.45, 2.75) is 25.7 Å². The van der Waals surface area contributed by atoms with E-state index >= 15 is 0 Å². The molecule has 1 aliphatic heterocycles. The third-order valence-corrected chi connectivity index (χ3v) is 6.34. The summed E-state index contributed by atoms with van der Waals surface area (Å²) in [6.07, 6.45) is 4.27. The van der Waals surface area contributed by atoms with E-state index in [0.717, 1.165) is 11.1 Å². The van der Waals surface area contributed by atoms with Crippen LogP contribution in [0, 0.1) is 0 Å². The number of hydrogen-bond donors (Lipinski definition) is 1. The Kier molecular flexibility index (Phi) is 7.17. The van der Waals surface area contributed by atoms with Gasteiger partial charge in [0.2, 0.25) is 11.8 Å². The number of ether oxygens (including phenoxy) is 2. The summed E-state index contributed by atoms with van der Waals surface area (Å²) in [5.41, 5.74) is 3.30. The molecule has 0 spiro atoms. The number of aryl methyl sites for hydroxylation is 2. The number of benzene rings is 2. The van der Waals surface area contributed by atoms with Crippen molar-refractivity contribution in [3.05, 3.63) is 59.8 Å². The predicted octanol–water partition coefficient (Wildman–Crippen LogP) is 3.42. The van der Waals surface area contributed by atoms with Crippen molar-refractivity contribution < 1.29 is 19.1 Å². The van der Waals surface area contributed by atoms with Crippen LogP contribution in [0.25, 0.3) is 10.9 Å². The van der Waals surface area contributed by atoms with Gasteiger partial charge in [-0.2, -0.15) is 0 Å². The maximum Gasteiger partial charge on any atom is 0.223 e. The minimum Gasteiger partial charge on any atom is -0.493 e. The fourth-order valence-electron chi connectivity index (χ4n) is 4.39. The third kappa shape index (κ3) is 5.30. The van der Waals surface area contributed by atoms with Gasteiger partial charge in [0, 0.05) is 56.1 Å². The Balaban J connectivity index is 1.22. The van der Waals surface area contributed by atoms with Gasteiger partial charge in [0.1, 0.15) is 0 Å². The number of H-pyrrole nitrogens is 1. The quantitative estimate of drug-likeness (QED) is 0.572. The van der Waals surface area contributed by atoms with Gasteiger partial charge < -0.3 is 24.3 Å². The van der Waals surface area contributed by atoms with Gasteiger partial charge >= 0.3 is 0 Å². The molecule has 0 atom stereocenters. The van der Waals surface area contributed by atoms with Crippen LogP contribution in [-0.4, -0.2) is 67.0 Å². The molecule has 0 bridgehead atoms. The molecule has 1 N–H and O–H groups in total. The number of rotatable bonds is 8. The molecule has 7 nitrogen and oxygen atoms in total. The Labute approximate surface area is 194 Å². The summed E-state index contributed by atoms with van der Waals surface area (Å²) < 4.78 is 10.6. The zero-order valence-corrected chi connectivity index (χ0v) is 19.3. The lowest BCUT2D eigenvalue weighted by molar-refractivity contribution is -0.139. The van der Waals surface area contributed by atoms with E-state index in [1.54, 1.807) is 14.2 Å². The van der Waals surface area contributed by atoms with Crippen LogP contribution < -0.4 is 9.47 Å². The van der Waals surface area contributed by atoms with Crippen LogP contribution in [0.2, 0.25) is 0 Å². The average molecular weight is 450 g/mol. The first-order chi connectivity index (χ1) is 16.1. The number of nitrogens with one attached hydrogen (secondary N) is 1. The van der Waals surface area contributed by atoms with Crippen molar-refractivity contribution in [2.24, 2.45) is 0 Å². The molecular formula is C26H31N3O4. The van der Waals surface area contributed by atoms with Gasteiger partial charge in [-0.3, -0.25) is 9.59 Å². The van der Waals surface area contributed by atoms with E-state index in [1.165, 1.54) is 10.9 Å². The first-order valence-electron chi connectivity index (χ1n) is 11.4. The number of piperazine rings is 1. The van der Waals surface area contributed by atoms with Crippen molar-refractivity contribution in [3.63, 3.8) is 0 Å². The van der Waals surface area contributed by atoms with Crippen LogP contribution >= 0.6 is 0 Å². The van der Waals surface area contributed by atoms with Gasteiger partial charge in [0.25, 0.3) is 0 Å². The molecule has 1 aliphatic rings. The second kappa shape index (κ2) is 10.4. The summed E-state index contributed by atoms with van der Waals surface area (Å²) >= 11 is 0. The Bertz CT molecular complexity index is 1120. The van der Waals surface area contributed by atoms with E-state index in [2.05, 4.69) is 11.1 Å². The van der Waals surface area contributed by atoms with Crippen LogP contribution in [0.3, 0.4) is 0 Å². The fraction of sp³-hybridized carbons (Fsp3) is 0.385. The zero-order valence-electron chi connectivity index (χ0n) is 19.3. The van der Waals surface area contributed by atoms with E-state index in [4.69, 9.17) is 9.47 Å². The molecular weight excluding hydrogens is 418 g/mol. The maximum absolute atomic E-state index is 12.7. The molecule has 1 aromatic heterocycles. The summed E-state index contributed by atoms with van der Waals surface area (Å²) in [6.45, 7) is 2.36. The van der Waals surface area contributed by atoms with Crippen molar-refractivity contribution in [1.82, 2.24) is 14.8 Å². The molecule has 7 heteroatoms. The second-order valence-corrected chi connectivity index (χ2v) is 8.31. The molecule has 0 aliphatic carbocycles. The Hall–Kier alpha value is -3.48. The van der Waals surface area contributed by atoms with Gasteiger partial charge in [-0.1, -0.05) is 24.3 Å². The minimum atomic E-state index is 0.121. The maximum atomic E-state index is 12.7. The molecule has 0 radical (unpaired) electrons. The number of carbonyl (C=O) groups is 2. The molecule has 1 fully saturated rings. The largest absolute Gasteiger partial charge is 0.493 e. The first kappa shape index (κ1) is 22.7. The third-order valence-electron chi connectivity index (χ3n) is 6.34. The molecule has 2 aromatic carbocycles. The van der Waals surface area contributed by atoms with Crippen molar-refractivity contribution in [3.8, 4) is 11.5 Å². The van der Waals surface area contributed by atoms with Crippen LogP contribution in [0.5, 0.6) is 11.5 Å². The summed E-state index contributed by atoms with van der Waals surface area (Å²) in [7, 11) is 3.21. The highest BCUT2D eigenvalue weighted by molar-refractivity contribution is 5.84. The van der Waals surface area contributed by atoms with E-state index in [9.17, 15) is 9.59 Å². The highest BCUT2D eigenvalue weighted by Crippen LogP contribution is 2.28. The molecule has 2 amide bonds. The monoisotopic (exact) mass is 449 g/mol. The van der Waals surface area contributed by atoms with Gasteiger partial charge in [-0.15, -0.1) is 0 Å². The number of aromatic amines is 1. The number of nitrogens with zero attached hydrogens (tertiary/aromatic N) is 2. The van der Waals surface area contributed by atoms with Crippen LogP contribution in [0.1, 0.15) is 24.0 Å². The molecule has 174 valence electrons. The molecule has 1 saturated heterocycles. The number of hydrogen-bond acceptors (Lipinski definition) is 4. The van der Waals surface area contributed by atoms with Crippen LogP contribution in [0.4, 0.5) is 0 Å². The Morgan fingerprint density at radius 3 is 2.15 bits per heavy atom. The number of methoxy groups -OCH3 is 2. The number of fused-ring (bicyclic) bond motifs is 1. The Morgan fingerprint density at radius 1 is 0.848 bits per heavy atom. The standard InChI is InChI=1S/C26H31N3O4/c1-32-23-10-7-19(17-24(23)33-2)8-11-25(30)28-13-15-29(16-14-28)26(31)12-9-20-18-27-22-6-4-3-5-21(20)22/h3-7,10,17-18,27H,8-9,11-16H2,1-2H3. The molecule has 33 heavy (non-hydrogen) atoms. The van der Waals surface area contributed by atoms with Crippen molar-refractivity contribution >= 4 is 22.7 Å². The number of amides is 2.